The average molecular weight is 293 g/mol. The minimum Gasteiger partial charge on any atom is -0.325 e. The van der Waals surface area contributed by atoms with Crippen molar-refractivity contribution >= 4 is 0 Å². The summed E-state index contributed by atoms with van der Waals surface area (Å²) in [6, 6.07) is 0. The number of halogens is 3. The van der Waals surface area contributed by atoms with Gasteiger partial charge in [-0.1, -0.05) is 58.3 Å². The van der Waals surface area contributed by atoms with Gasteiger partial charge in [0.2, 0.25) is 0 Å². The van der Waals surface area contributed by atoms with Crippen LogP contribution in [0.25, 0.3) is 0 Å². The third kappa shape index (κ3) is 6.47. The Bertz CT molecular complexity index is 265. The van der Waals surface area contributed by atoms with Gasteiger partial charge in [0.05, 0.1) is 5.92 Å². The molecule has 0 saturated heterocycles. The van der Waals surface area contributed by atoms with E-state index >= 15 is 0 Å². The minimum absolute atomic E-state index is 0.131. The number of hydrogen-bond donors (Lipinski definition) is 1. The second-order valence-corrected chi connectivity index (χ2v) is 6.57. The molecule has 1 saturated carbocycles. The highest BCUT2D eigenvalue weighted by Crippen LogP contribution is 2.42. The fraction of sp³-hybridized carbons (Fsp3) is 1.00. The van der Waals surface area contributed by atoms with Gasteiger partial charge in [0.25, 0.3) is 0 Å². The van der Waals surface area contributed by atoms with E-state index in [1.807, 2.05) is 0 Å². The van der Waals surface area contributed by atoms with E-state index in [0.29, 0.717) is 6.42 Å². The van der Waals surface area contributed by atoms with E-state index in [0.717, 1.165) is 25.7 Å². The smallest absolute Gasteiger partial charge is 0.325 e. The highest BCUT2D eigenvalue weighted by molar-refractivity contribution is 4.92. The van der Waals surface area contributed by atoms with Gasteiger partial charge in [-0.15, -0.1) is 0 Å². The van der Waals surface area contributed by atoms with E-state index in [1.165, 1.54) is 32.1 Å². The highest BCUT2D eigenvalue weighted by atomic mass is 19.4. The Morgan fingerprint density at radius 3 is 2.25 bits per heavy atom. The molecule has 0 aliphatic heterocycles. The van der Waals surface area contributed by atoms with E-state index in [9.17, 15) is 13.2 Å². The Hall–Kier alpha value is -0.250. The van der Waals surface area contributed by atoms with Crippen molar-refractivity contribution < 1.29 is 13.2 Å². The Morgan fingerprint density at radius 2 is 1.65 bits per heavy atom. The zero-order chi connectivity index (χ0) is 15.1. The van der Waals surface area contributed by atoms with Gasteiger partial charge in [0.1, 0.15) is 0 Å². The lowest BCUT2D eigenvalue weighted by Crippen LogP contribution is -2.47. The van der Waals surface area contributed by atoms with E-state index in [4.69, 9.17) is 5.73 Å². The van der Waals surface area contributed by atoms with Crippen LogP contribution in [0.2, 0.25) is 0 Å². The summed E-state index contributed by atoms with van der Waals surface area (Å²) in [6.07, 6.45) is 6.80. The predicted octanol–water partition coefficient (Wildman–Crippen LogP) is 5.58. The van der Waals surface area contributed by atoms with Gasteiger partial charge in [-0.3, -0.25) is 0 Å². The van der Waals surface area contributed by atoms with Gasteiger partial charge in [0.15, 0.2) is 0 Å². The van der Waals surface area contributed by atoms with Crippen molar-refractivity contribution in [2.45, 2.75) is 95.7 Å². The summed E-state index contributed by atoms with van der Waals surface area (Å²) in [5.74, 6) is -1.18. The lowest BCUT2D eigenvalue weighted by molar-refractivity contribution is -0.187. The highest BCUT2D eigenvalue weighted by Gasteiger charge is 2.45. The van der Waals surface area contributed by atoms with Gasteiger partial charge in [-0.2, -0.15) is 13.2 Å². The molecule has 0 bridgehead atoms. The fourth-order valence-corrected chi connectivity index (χ4v) is 3.34. The first-order valence-electron chi connectivity index (χ1n) is 8.23. The maximum Gasteiger partial charge on any atom is 0.391 e. The second kappa shape index (κ2) is 8.26. The molecule has 2 atom stereocenters. The molecule has 1 nitrogen and oxygen atoms in total. The molecule has 2 N–H and O–H groups in total. The zero-order valence-electron chi connectivity index (χ0n) is 12.8. The van der Waals surface area contributed by atoms with E-state index in [-0.39, 0.29) is 12.8 Å². The summed E-state index contributed by atoms with van der Waals surface area (Å²) >= 11 is 0. The van der Waals surface area contributed by atoms with Gasteiger partial charge in [-0.25, -0.2) is 0 Å². The maximum absolute atomic E-state index is 12.8. The average Bonchev–Trinajstić information content (AvgIpc) is 2.37. The van der Waals surface area contributed by atoms with Crippen LogP contribution in [0.15, 0.2) is 0 Å². The van der Waals surface area contributed by atoms with Crippen LogP contribution in [-0.4, -0.2) is 11.7 Å². The first-order valence-corrected chi connectivity index (χ1v) is 8.23. The SMILES string of the molecule is CCCCCCCCCC1(N)CCCC(C(F)(F)F)C1. The molecule has 1 aliphatic rings. The number of alkyl halides is 3. The quantitative estimate of drug-likeness (QED) is 0.581. The number of unbranched alkanes of at least 4 members (excludes halogenated alkanes) is 6. The molecule has 2 unspecified atom stereocenters. The van der Waals surface area contributed by atoms with Gasteiger partial charge >= 0.3 is 6.18 Å². The zero-order valence-corrected chi connectivity index (χ0v) is 12.8. The molecule has 1 rings (SSSR count). The molecule has 0 amide bonds. The molecule has 0 aromatic carbocycles. The molecule has 4 heteroatoms. The molecule has 0 aromatic heterocycles. The van der Waals surface area contributed by atoms with E-state index in [1.54, 1.807) is 0 Å². The van der Waals surface area contributed by atoms with Crippen LogP contribution in [0.1, 0.15) is 84.0 Å². The van der Waals surface area contributed by atoms with Gasteiger partial charge in [0, 0.05) is 5.54 Å². The lowest BCUT2D eigenvalue weighted by atomic mass is 9.73. The van der Waals surface area contributed by atoms with Crippen LogP contribution >= 0.6 is 0 Å². The van der Waals surface area contributed by atoms with E-state index in [2.05, 4.69) is 6.92 Å². The predicted molar refractivity (Wildman–Crippen MR) is 77.5 cm³/mol. The first kappa shape index (κ1) is 17.8. The summed E-state index contributed by atoms with van der Waals surface area (Å²) < 4.78 is 38.4. The fourth-order valence-electron chi connectivity index (χ4n) is 3.34. The molecular formula is C16H30F3N. The van der Waals surface area contributed by atoms with Crippen molar-refractivity contribution in [3.8, 4) is 0 Å². The molecule has 120 valence electrons. The number of hydrogen-bond acceptors (Lipinski definition) is 1. The monoisotopic (exact) mass is 293 g/mol. The van der Waals surface area contributed by atoms with Crippen molar-refractivity contribution in [2.24, 2.45) is 11.7 Å². The summed E-state index contributed by atoms with van der Waals surface area (Å²) in [5, 5.41) is 0. The van der Waals surface area contributed by atoms with Crippen molar-refractivity contribution in [1.82, 2.24) is 0 Å². The third-order valence-corrected chi connectivity index (χ3v) is 4.62. The van der Waals surface area contributed by atoms with Crippen molar-refractivity contribution in [3.05, 3.63) is 0 Å². The molecular weight excluding hydrogens is 263 g/mol. The molecule has 0 radical (unpaired) electrons. The normalized spacial score (nSPS) is 27.8. The summed E-state index contributed by atoms with van der Waals surface area (Å²) in [5.41, 5.74) is 5.64. The maximum atomic E-state index is 12.8. The number of rotatable bonds is 8. The van der Waals surface area contributed by atoms with Crippen LogP contribution in [-0.2, 0) is 0 Å². The molecule has 1 aliphatic carbocycles. The van der Waals surface area contributed by atoms with Crippen LogP contribution in [0.3, 0.4) is 0 Å². The van der Waals surface area contributed by atoms with Gasteiger partial charge in [-0.05, 0) is 25.7 Å². The molecule has 0 heterocycles. The standard InChI is InChI=1S/C16H30F3N/c1-2-3-4-5-6-7-8-11-15(20)12-9-10-14(13-15)16(17,18)19/h14H,2-13,20H2,1H3. The third-order valence-electron chi connectivity index (χ3n) is 4.62. The summed E-state index contributed by atoms with van der Waals surface area (Å²) in [4.78, 5) is 0. The largest absolute Gasteiger partial charge is 0.391 e. The van der Waals surface area contributed by atoms with Crippen molar-refractivity contribution in [3.63, 3.8) is 0 Å². The van der Waals surface area contributed by atoms with Crippen LogP contribution in [0.4, 0.5) is 13.2 Å². The number of nitrogens with two attached hydrogens (primary N) is 1. The molecule has 1 fully saturated rings. The topological polar surface area (TPSA) is 26.0 Å². The minimum atomic E-state index is -4.06. The Labute approximate surface area is 121 Å². The first-order chi connectivity index (χ1) is 9.37. The van der Waals surface area contributed by atoms with Crippen molar-refractivity contribution in [1.29, 1.82) is 0 Å². The summed E-state index contributed by atoms with van der Waals surface area (Å²) in [7, 11) is 0. The lowest BCUT2D eigenvalue weighted by Gasteiger charge is -2.39. The Morgan fingerprint density at radius 1 is 1.05 bits per heavy atom. The second-order valence-electron chi connectivity index (χ2n) is 6.57. The molecule has 0 spiro atoms. The van der Waals surface area contributed by atoms with Crippen LogP contribution in [0.5, 0.6) is 0 Å². The summed E-state index contributed by atoms with van der Waals surface area (Å²) in [6.45, 7) is 2.19. The Balaban J connectivity index is 2.21. The molecule has 0 aromatic rings. The van der Waals surface area contributed by atoms with E-state index < -0.39 is 17.6 Å². The van der Waals surface area contributed by atoms with Crippen LogP contribution < -0.4 is 5.73 Å². The van der Waals surface area contributed by atoms with Gasteiger partial charge < -0.3 is 5.73 Å². The van der Waals surface area contributed by atoms with Crippen molar-refractivity contribution in [2.75, 3.05) is 0 Å². The Kier molecular flexibility index (Phi) is 7.35. The van der Waals surface area contributed by atoms with Crippen LogP contribution in [0, 0.1) is 5.92 Å². The molecule has 20 heavy (non-hydrogen) atoms.